The van der Waals surface area contributed by atoms with E-state index in [0.717, 1.165) is 16.9 Å². The molecule has 90 valence electrons. The van der Waals surface area contributed by atoms with Gasteiger partial charge >= 0.3 is 0 Å². The summed E-state index contributed by atoms with van der Waals surface area (Å²) in [5, 5.41) is 4.15. The maximum atomic E-state index is 5.96. The molecule has 0 bridgehead atoms. The van der Waals surface area contributed by atoms with Crippen molar-refractivity contribution in [3.05, 3.63) is 43.4 Å². The highest BCUT2D eigenvalue weighted by Gasteiger charge is 2.10. The van der Waals surface area contributed by atoms with Crippen molar-refractivity contribution in [1.82, 2.24) is 24.3 Å². The second kappa shape index (κ2) is 3.99. The monoisotopic (exact) mass is 240 g/mol. The van der Waals surface area contributed by atoms with Crippen molar-refractivity contribution in [2.24, 2.45) is 7.05 Å². The zero-order valence-corrected chi connectivity index (χ0v) is 9.85. The standard InChI is InChI=1S/C12H12N6/c1-17-7-9(4-16-17)18-8-15-6-12(18)10-5-14-3-2-11(10)13/h2-8H,1H3,(H2,13,14). The molecule has 3 heterocycles. The molecule has 0 amide bonds. The summed E-state index contributed by atoms with van der Waals surface area (Å²) < 4.78 is 3.67. The van der Waals surface area contributed by atoms with Gasteiger partial charge in [0.2, 0.25) is 0 Å². The van der Waals surface area contributed by atoms with Crippen LogP contribution in [0.4, 0.5) is 5.69 Å². The highest BCUT2D eigenvalue weighted by molar-refractivity contribution is 5.73. The average molecular weight is 240 g/mol. The molecular weight excluding hydrogens is 228 g/mol. The number of nitrogens with zero attached hydrogens (tertiary/aromatic N) is 5. The van der Waals surface area contributed by atoms with Gasteiger partial charge in [-0.05, 0) is 6.07 Å². The molecule has 3 aromatic rings. The number of rotatable bonds is 2. The molecule has 0 aromatic carbocycles. The van der Waals surface area contributed by atoms with Crippen molar-refractivity contribution >= 4 is 5.69 Å². The number of imidazole rings is 1. The third-order valence-electron chi connectivity index (χ3n) is 2.74. The first kappa shape index (κ1) is 10.5. The Morgan fingerprint density at radius 1 is 1.17 bits per heavy atom. The lowest BCUT2D eigenvalue weighted by Crippen LogP contribution is -1.97. The fraction of sp³-hybridized carbons (Fsp3) is 0.0833. The summed E-state index contributed by atoms with van der Waals surface area (Å²) in [6.45, 7) is 0. The van der Waals surface area contributed by atoms with E-state index in [0.29, 0.717) is 5.69 Å². The van der Waals surface area contributed by atoms with E-state index in [4.69, 9.17) is 5.73 Å². The number of hydrogen-bond donors (Lipinski definition) is 1. The van der Waals surface area contributed by atoms with Gasteiger partial charge in [0.25, 0.3) is 0 Å². The minimum absolute atomic E-state index is 0.677. The van der Waals surface area contributed by atoms with Crippen LogP contribution in [-0.2, 0) is 7.05 Å². The van der Waals surface area contributed by atoms with Crippen molar-refractivity contribution in [3.63, 3.8) is 0 Å². The van der Waals surface area contributed by atoms with Gasteiger partial charge in [-0.3, -0.25) is 14.2 Å². The molecule has 0 aliphatic carbocycles. The zero-order chi connectivity index (χ0) is 12.5. The van der Waals surface area contributed by atoms with Crippen LogP contribution in [0.15, 0.2) is 43.4 Å². The Morgan fingerprint density at radius 3 is 2.78 bits per heavy atom. The number of hydrogen-bond acceptors (Lipinski definition) is 4. The fourth-order valence-electron chi connectivity index (χ4n) is 1.85. The maximum absolute atomic E-state index is 5.96. The summed E-state index contributed by atoms with van der Waals surface area (Å²) in [6, 6.07) is 1.77. The summed E-state index contributed by atoms with van der Waals surface area (Å²) in [5.41, 5.74) is 9.33. The summed E-state index contributed by atoms with van der Waals surface area (Å²) >= 11 is 0. The first-order valence-electron chi connectivity index (χ1n) is 5.47. The average Bonchev–Trinajstić information content (AvgIpc) is 2.98. The molecule has 3 aromatic heterocycles. The van der Waals surface area contributed by atoms with E-state index in [2.05, 4.69) is 15.1 Å². The fourth-order valence-corrected chi connectivity index (χ4v) is 1.85. The van der Waals surface area contributed by atoms with E-state index in [1.807, 2.05) is 17.8 Å². The van der Waals surface area contributed by atoms with E-state index >= 15 is 0 Å². The molecule has 0 spiro atoms. The highest BCUT2D eigenvalue weighted by atomic mass is 15.3. The summed E-state index contributed by atoms with van der Waals surface area (Å²) in [5.74, 6) is 0. The van der Waals surface area contributed by atoms with Crippen LogP contribution in [0.25, 0.3) is 16.9 Å². The number of nitrogens with two attached hydrogens (primary N) is 1. The molecular formula is C12H12N6. The molecule has 0 aliphatic rings. The third kappa shape index (κ3) is 1.64. The third-order valence-corrected chi connectivity index (χ3v) is 2.74. The minimum Gasteiger partial charge on any atom is -0.398 e. The Morgan fingerprint density at radius 2 is 2.06 bits per heavy atom. The Labute approximate surface area is 104 Å². The van der Waals surface area contributed by atoms with Gasteiger partial charge < -0.3 is 5.73 Å². The number of aryl methyl sites for hydroxylation is 1. The topological polar surface area (TPSA) is 74.5 Å². The lowest BCUT2D eigenvalue weighted by molar-refractivity contribution is 0.767. The number of aromatic nitrogens is 5. The van der Waals surface area contributed by atoms with Gasteiger partial charge in [0.05, 0.1) is 30.1 Å². The highest BCUT2D eigenvalue weighted by Crippen LogP contribution is 2.26. The van der Waals surface area contributed by atoms with Crippen molar-refractivity contribution < 1.29 is 0 Å². The second-order valence-electron chi connectivity index (χ2n) is 3.98. The molecule has 18 heavy (non-hydrogen) atoms. The summed E-state index contributed by atoms with van der Waals surface area (Å²) in [4.78, 5) is 8.27. The second-order valence-corrected chi connectivity index (χ2v) is 3.98. The van der Waals surface area contributed by atoms with E-state index in [1.165, 1.54) is 0 Å². The van der Waals surface area contributed by atoms with Gasteiger partial charge in [-0.1, -0.05) is 0 Å². The van der Waals surface area contributed by atoms with Crippen molar-refractivity contribution in [2.45, 2.75) is 0 Å². The molecule has 0 saturated heterocycles. The predicted octanol–water partition coefficient (Wildman–Crippen LogP) is 1.25. The Kier molecular flexibility index (Phi) is 2.33. The van der Waals surface area contributed by atoms with Gasteiger partial charge in [-0.25, -0.2) is 4.98 Å². The lowest BCUT2D eigenvalue weighted by atomic mass is 10.2. The van der Waals surface area contributed by atoms with Gasteiger partial charge in [0, 0.05) is 36.9 Å². The molecule has 0 aliphatic heterocycles. The molecule has 0 unspecified atom stereocenters. The molecule has 0 radical (unpaired) electrons. The number of anilines is 1. The van der Waals surface area contributed by atoms with Crippen LogP contribution in [0.5, 0.6) is 0 Å². The normalized spacial score (nSPS) is 10.7. The molecule has 0 fully saturated rings. The Hall–Kier alpha value is -2.63. The van der Waals surface area contributed by atoms with Crippen LogP contribution in [-0.4, -0.2) is 24.3 Å². The van der Waals surface area contributed by atoms with Crippen LogP contribution in [0.3, 0.4) is 0 Å². The van der Waals surface area contributed by atoms with Crippen molar-refractivity contribution in [3.8, 4) is 16.9 Å². The first-order chi connectivity index (χ1) is 8.75. The van der Waals surface area contributed by atoms with Gasteiger partial charge in [-0.15, -0.1) is 0 Å². The Bertz CT molecular complexity index is 681. The van der Waals surface area contributed by atoms with E-state index in [-0.39, 0.29) is 0 Å². The molecule has 6 nitrogen and oxygen atoms in total. The molecule has 6 heteroatoms. The van der Waals surface area contributed by atoms with E-state index < -0.39 is 0 Å². The molecule has 0 atom stereocenters. The molecule has 0 saturated carbocycles. The predicted molar refractivity (Wildman–Crippen MR) is 68.0 cm³/mol. The van der Waals surface area contributed by atoms with Crippen LogP contribution in [0, 0.1) is 0 Å². The summed E-state index contributed by atoms with van der Waals surface area (Å²) in [6.07, 6.45) is 10.6. The first-order valence-corrected chi connectivity index (χ1v) is 5.47. The lowest BCUT2D eigenvalue weighted by Gasteiger charge is -2.07. The summed E-state index contributed by atoms with van der Waals surface area (Å²) in [7, 11) is 1.87. The van der Waals surface area contributed by atoms with E-state index in [9.17, 15) is 0 Å². The van der Waals surface area contributed by atoms with Gasteiger partial charge in [0.1, 0.15) is 0 Å². The SMILES string of the molecule is Cn1cc(-n2cncc2-c2cnccc2N)cn1. The number of nitrogen functional groups attached to an aromatic ring is 1. The van der Waals surface area contributed by atoms with Gasteiger partial charge in [-0.2, -0.15) is 5.10 Å². The van der Waals surface area contributed by atoms with Crippen molar-refractivity contribution in [1.29, 1.82) is 0 Å². The largest absolute Gasteiger partial charge is 0.398 e. The van der Waals surface area contributed by atoms with E-state index in [1.54, 1.807) is 41.9 Å². The smallest absolute Gasteiger partial charge is 0.0998 e. The van der Waals surface area contributed by atoms with Gasteiger partial charge in [0.15, 0.2) is 0 Å². The maximum Gasteiger partial charge on any atom is 0.0998 e. The van der Waals surface area contributed by atoms with Crippen LogP contribution < -0.4 is 5.73 Å². The molecule has 3 rings (SSSR count). The van der Waals surface area contributed by atoms with Crippen LogP contribution >= 0.6 is 0 Å². The quantitative estimate of drug-likeness (QED) is 0.731. The Balaban J connectivity index is 2.15. The molecule has 2 N–H and O–H groups in total. The zero-order valence-electron chi connectivity index (χ0n) is 9.85. The van der Waals surface area contributed by atoms with Crippen LogP contribution in [0.1, 0.15) is 0 Å². The van der Waals surface area contributed by atoms with Crippen LogP contribution in [0.2, 0.25) is 0 Å². The van der Waals surface area contributed by atoms with Crippen molar-refractivity contribution in [2.75, 3.05) is 5.73 Å². The minimum atomic E-state index is 0.677. The number of pyridine rings is 1.